The summed E-state index contributed by atoms with van der Waals surface area (Å²) in [5, 5.41) is 3.18. The average Bonchev–Trinajstić information content (AvgIpc) is 3.24. The zero-order chi connectivity index (χ0) is 21.5. The Morgan fingerprint density at radius 1 is 0.935 bits per heavy atom. The number of thioether (sulfide) groups is 1. The predicted molar refractivity (Wildman–Crippen MR) is 119 cm³/mol. The molecule has 1 heterocycles. The number of ether oxygens (including phenoxy) is 1. The Morgan fingerprint density at radius 3 is 2.52 bits per heavy atom. The SMILES string of the molecule is O=C(CNC(=O)c1ccccc1CSc1nc2ccccc2o1)OCc1ccccc1. The fourth-order valence-electron chi connectivity index (χ4n) is 2.96. The van der Waals surface area contributed by atoms with Gasteiger partial charge in [-0.25, -0.2) is 4.98 Å². The first-order valence-electron chi connectivity index (χ1n) is 9.73. The lowest BCUT2D eigenvalue weighted by Crippen LogP contribution is -2.31. The second-order valence-corrected chi connectivity index (χ2v) is 7.65. The van der Waals surface area contributed by atoms with Gasteiger partial charge in [0, 0.05) is 11.3 Å². The highest BCUT2D eigenvalue weighted by Gasteiger charge is 2.14. The van der Waals surface area contributed by atoms with Crippen LogP contribution >= 0.6 is 11.8 Å². The van der Waals surface area contributed by atoms with Gasteiger partial charge < -0.3 is 14.5 Å². The van der Waals surface area contributed by atoms with Crippen molar-refractivity contribution in [1.29, 1.82) is 0 Å². The molecule has 0 saturated heterocycles. The molecule has 0 atom stereocenters. The number of amides is 1. The number of para-hydroxylation sites is 2. The lowest BCUT2D eigenvalue weighted by atomic mass is 10.1. The van der Waals surface area contributed by atoms with Gasteiger partial charge in [0.05, 0.1) is 0 Å². The van der Waals surface area contributed by atoms with Crippen molar-refractivity contribution in [3.05, 3.63) is 95.6 Å². The number of nitrogens with zero attached hydrogens (tertiary/aromatic N) is 1. The van der Waals surface area contributed by atoms with Crippen LogP contribution in [0.4, 0.5) is 0 Å². The quantitative estimate of drug-likeness (QED) is 0.324. The maximum absolute atomic E-state index is 12.6. The Morgan fingerprint density at radius 2 is 1.68 bits per heavy atom. The summed E-state index contributed by atoms with van der Waals surface area (Å²) in [4.78, 5) is 29.0. The molecule has 0 aliphatic heterocycles. The van der Waals surface area contributed by atoms with Crippen molar-refractivity contribution in [2.45, 2.75) is 17.6 Å². The highest BCUT2D eigenvalue weighted by molar-refractivity contribution is 7.98. The number of oxazole rings is 1. The Kier molecular flexibility index (Phi) is 6.64. The minimum Gasteiger partial charge on any atom is -0.460 e. The van der Waals surface area contributed by atoms with E-state index >= 15 is 0 Å². The molecule has 1 amide bonds. The molecule has 0 unspecified atom stereocenters. The van der Waals surface area contributed by atoms with Gasteiger partial charge in [0.15, 0.2) is 5.58 Å². The van der Waals surface area contributed by atoms with Gasteiger partial charge in [-0.05, 0) is 29.3 Å². The molecule has 0 radical (unpaired) electrons. The van der Waals surface area contributed by atoms with E-state index in [1.165, 1.54) is 11.8 Å². The number of carbonyl (C=O) groups is 2. The summed E-state index contributed by atoms with van der Waals surface area (Å²) in [6, 6.07) is 24.2. The number of nitrogens with one attached hydrogen (secondary N) is 1. The van der Waals surface area contributed by atoms with Gasteiger partial charge >= 0.3 is 5.97 Å². The van der Waals surface area contributed by atoms with Gasteiger partial charge in [-0.3, -0.25) is 9.59 Å². The molecule has 3 aromatic carbocycles. The molecule has 0 saturated carbocycles. The number of esters is 1. The van der Waals surface area contributed by atoms with Crippen LogP contribution in [0.1, 0.15) is 21.5 Å². The van der Waals surface area contributed by atoms with Gasteiger partial charge in [-0.15, -0.1) is 0 Å². The highest BCUT2D eigenvalue weighted by Crippen LogP contribution is 2.27. The van der Waals surface area contributed by atoms with Crippen LogP contribution in [0.25, 0.3) is 11.1 Å². The number of aromatic nitrogens is 1. The Hall–Kier alpha value is -3.58. The minimum absolute atomic E-state index is 0.174. The third-order valence-electron chi connectivity index (χ3n) is 4.52. The second kappa shape index (κ2) is 9.95. The number of rotatable bonds is 8. The van der Waals surface area contributed by atoms with Gasteiger partial charge in [0.1, 0.15) is 18.7 Å². The van der Waals surface area contributed by atoms with Crippen molar-refractivity contribution in [3.63, 3.8) is 0 Å². The monoisotopic (exact) mass is 432 g/mol. The van der Waals surface area contributed by atoms with Crippen LogP contribution in [0, 0.1) is 0 Å². The standard InChI is InChI=1S/C24H20N2O4S/c27-22(29-15-17-8-2-1-3-9-17)14-25-23(28)19-11-5-4-10-18(19)16-31-24-26-20-12-6-7-13-21(20)30-24/h1-13H,14-16H2,(H,25,28). The maximum Gasteiger partial charge on any atom is 0.325 e. The molecular weight excluding hydrogens is 412 g/mol. The van der Waals surface area contributed by atoms with E-state index in [9.17, 15) is 9.59 Å². The van der Waals surface area contributed by atoms with E-state index in [-0.39, 0.29) is 19.1 Å². The number of hydrogen-bond donors (Lipinski definition) is 1. The van der Waals surface area contributed by atoms with Crippen molar-refractivity contribution >= 4 is 34.7 Å². The van der Waals surface area contributed by atoms with Gasteiger partial charge in [-0.2, -0.15) is 0 Å². The van der Waals surface area contributed by atoms with E-state index in [0.717, 1.165) is 22.2 Å². The van der Waals surface area contributed by atoms with Crippen molar-refractivity contribution < 1.29 is 18.7 Å². The molecule has 0 aliphatic carbocycles. The summed E-state index contributed by atoms with van der Waals surface area (Å²) >= 11 is 1.41. The van der Waals surface area contributed by atoms with Crippen molar-refractivity contribution in [2.24, 2.45) is 0 Å². The normalized spacial score (nSPS) is 10.7. The first-order valence-corrected chi connectivity index (χ1v) is 10.7. The molecule has 1 N–H and O–H groups in total. The molecule has 0 aliphatic rings. The van der Waals surface area contributed by atoms with Crippen LogP contribution in [0.3, 0.4) is 0 Å². The molecule has 4 aromatic rings. The van der Waals surface area contributed by atoms with E-state index < -0.39 is 5.97 Å². The molecule has 6 nitrogen and oxygen atoms in total. The summed E-state index contributed by atoms with van der Waals surface area (Å²) in [6.07, 6.45) is 0. The topological polar surface area (TPSA) is 81.4 Å². The highest BCUT2D eigenvalue weighted by atomic mass is 32.2. The first kappa shape index (κ1) is 20.7. The smallest absolute Gasteiger partial charge is 0.325 e. The van der Waals surface area contributed by atoms with E-state index in [1.54, 1.807) is 12.1 Å². The lowest BCUT2D eigenvalue weighted by molar-refractivity contribution is -0.143. The second-order valence-electron chi connectivity index (χ2n) is 6.72. The van der Waals surface area contributed by atoms with Gasteiger partial charge in [0.25, 0.3) is 11.1 Å². The van der Waals surface area contributed by atoms with Crippen LogP contribution in [-0.4, -0.2) is 23.4 Å². The van der Waals surface area contributed by atoms with Gasteiger partial charge in [0.2, 0.25) is 0 Å². The molecule has 0 bridgehead atoms. The predicted octanol–water partition coefficient (Wildman–Crippen LogP) is 4.59. The van der Waals surface area contributed by atoms with E-state index in [2.05, 4.69) is 10.3 Å². The van der Waals surface area contributed by atoms with Gasteiger partial charge in [-0.1, -0.05) is 72.4 Å². The first-order chi connectivity index (χ1) is 15.2. The van der Waals surface area contributed by atoms with Crippen LogP contribution in [0.15, 0.2) is 88.5 Å². The van der Waals surface area contributed by atoms with Crippen LogP contribution in [0.2, 0.25) is 0 Å². The van der Waals surface area contributed by atoms with E-state index in [0.29, 0.717) is 16.5 Å². The number of benzene rings is 3. The Balaban J connectivity index is 1.32. The molecular formula is C24H20N2O4S. The Bertz CT molecular complexity index is 1160. The molecule has 4 rings (SSSR count). The van der Waals surface area contributed by atoms with Crippen LogP contribution < -0.4 is 5.32 Å². The number of carbonyl (C=O) groups excluding carboxylic acids is 2. The minimum atomic E-state index is -0.490. The fraction of sp³-hybridized carbons (Fsp3) is 0.125. The molecule has 0 spiro atoms. The zero-order valence-corrected chi connectivity index (χ0v) is 17.4. The molecule has 0 fully saturated rings. The summed E-state index contributed by atoms with van der Waals surface area (Å²) in [7, 11) is 0. The zero-order valence-electron chi connectivity index (χ0n) is 16.6. The van der Waals surface area contributed by atoms with E-state index in [1.807, 2.05) is 66.7 Å². The summed E-state index contributed by atoms with van der Waals surface area (Å²) in [6.45, 7) is -0.0223. The van der Waals surface area contributed by atoms with Crippen molar-refractivity contribution in [2.75, 3.05) is 6.54 Å². The molecule has 1 aromatic heterocycles. The van der Waals surface area contributed by atoms with Crippen molar-refractivity contribution in [1.82, 2.24) is 10.3 Å². The summed E-state index contributed by atoms with van der Waals surface area (Å²) < 4.78 is 10.9. The van der Waals surface area contributed by atoms with Crippen LogP contribution in [-0.2, 0) is 21.9 Å². The third kappa shape index (κ3) is 5.52. The third-order valence-corrected chi connectivity index (χ3v) is 5.40. The van der Waals surface area contributed by atoms with Crippen molar-refractivity contribution in [3.8, 4) is 0 Å². The molecule has 31 heavy (non-hydrogen) atoms. The van der Waals surface area contributed by atoms with Crippen LogP contribution in [0.5, 0.6) is 0 Å². The maximum atomic E-state index is 12.6. The molecule has 7 heteroatoms. The average molecular weight is 433 g/mol. The number of hydrogen-bond acceptors (Lipinski definition) is 6. The Labute approximate surface area is 183 Å². The fourth-order valence-corrected chi connectivity index (χ4v) is 3.80. The summed E-state index contributed by atoms with van der Waals surface area (Å²) in [5.74, 6) is -0.310. The number of fused-ring (bicyclic) bond motifs is 1. The molecule has 156 valence electrons. The summed E-state index contributed by atoms with van der Waals surface area (Å²) in [5.41, 5.74) is 3.74. The lowest BCUT2D eigenvalue weighted by Gasteiger charge is -2.10. The van der Waals surface area contributed by atoms with E-state index in [4.69, 9.17) is 9.15 Å². The largest absolute Gasteiger partial charge is 0.460 e.